The fourth-order valence-corrected chi connectivity index (χ4v) is 1.46. The number of benzene rings is 1. The smallest absolute Gasteiger partial charge is 0.222 e. The molecule has 0 fully saturated rings. The second-order valence-corrected chi connectivity index (χ2v) is 3.89. The summed E-state index contributed by atoms with van der Waals surface area (Å²) >= 11 is 0. The molecule has 2 N–H and O–H groups in total. The molecule has 0 aliphatic carbocycles. The van der Waals surface area contributed by atoms with Gasteiger partial charge in [-0.2, -0.15) is 0 Å². The molecule has 4 heteroatoms. The van der Waals surface area contributed by atoms with Gasteiger partial charge in [0.2, 0.25) is 5.95 Å². The Morgan fingerprint density at radius 1 is 1.18 bits per heavy atom. The van der Waals surface area contributed by atoms with Gasteiger partial charge in [-0.25, -0.2) is 9.97 Å². The minimum absolute atomic E-state index is 0.396. The summed E-state index contributed by atoms with van der Waals surface area (Å²) in [5.41, 5.74) is 1.89. The summed E-state index contributed by atoms with van der Waals surface area (Å²) in [6, 6.07) is 9.51. The average Bonchev–Trinajstić information content (AvgIpc) is 2.39. The van der Waals surface area contributed by atoms with Gasteiger partial charge >= 0.3 is 0 Å². The Labute approximate surface area is 100 Å². The van der Waals surface area contributed by atoms with E-state index in [1.54, 1.807) is 12.4 Å². The zero-order valence-corrected chi connectivity index (χ0v) is 9.67. The first-order valence-electron chi connectivity index (χ1n) is 5.51. The Hall–Kier alpha value is -1.94. The summed E-state index contributed by atoms with van der Waals surface area (Å²) in [6.45, 7) is 2.33. The van der Waals surface area contributed by atoms with Crippen LogP contribution in [0.4, 0.5) is 5.95 Å². The molecule has 0 saturated carbocycles. The van der Waals surface area contributed by atoms with Gasteiger partial charge in [0.25, 0.3) is 0 Å². The largest absolute Gasteiger partial charge is 0.387 e. The Morgan fingerprint density at radius 2 is 1.82 bits per heavy atom. The van der Waals surface area contributed by atoms with Gasteiger partial charge in [0.15, 0.2) is 0 Å². The van der Waals surface area contributed by atoms with Crippen LogP contribution in [0.1, 0.15) is 17.2 Å². The van der Waals surface area contributed by atoms with E-state index in [9.17, 15) is 5.11 Å². The zero-order chi connectivity index (χ0) is 12.1. The first-order chi connectivity index (χ1) is 8.25. The minimum atomic E-state index is -0.555. The number of aliphatic hydroxyl groups is 1. The lowest BCUT2D eigenvalue weighted by molar-refractivity contribution is 0.191. The third-order valence-corrected chi connectivity index (χ3v) is 2.42. The Kier molecular flexibility index (Phi) is 3.67. The number of nitrogens with one attached hydrogen (secondary N) is 1. The number of aromatic nitrogens is 2. The highest BCUT2D eigenvalue weighted by molar-refractivity contribution is 5.26. The van der Waals surface area contributed by atoms with E-state index in [4.69, 9.17) is 0 Å². The minimum Gasteiger partial charge on any atom is -0.387 e. The van der Waals surface area contributed by atoms with Gasteiger partial charge in [0, 0.05) is 18.9 Å². The fraction of sp³-hybridized carbons (Fsp3) is 0.231. The standard InChI is InChI=1S/C13H15N3O/c1-10-7-14-13(15-8-10)16-9-12(17)11-5-3-2-4-6-11/h2-8,12,17H,9H2,1H3,(H,14,15,16). The van der Waals surface area contributed by atoms with Gasteiger partial charge < -0.3 is 10.4 Å². The summed E-state index contributed by atoms with van der Waals surface area (Å²) in [4.78, 5) is 8.22. The Bertz CT molecular complexity index is 456. The quantitative estimate of drug-likeness (QED) is 0.841. The van der Waals surface area contributed by atoms with E-state index >= 15 is 0 Å². The van der Waals surface area contributed by atoms with Crippen LogP contribution in [0.15, 0.2) is 42.7 Å². The van der Waals surface area contributed by atoms with Crippen LogP contribution >= 0.6 is 0 Å². The van der Waals surface area contributed by atoms with Crippen LogP contribution in [-0.4, -0.2) is 21.6 Å². The van der Waals surface area contributed by atoms with Crippen molar-refractivity contribution in [2.75, 3.05) is 11.9 Å². The SMILES string of the molecule is Cc1cnc(NCC(O)c2ccccc2)nc1. The van der Waals surface area contributed by atoms with Gasteiger partial charge in [-0.05, 0) is 18.1 Å². The first-order valence-corrected chi connectivity index (χ1v) is 5.51. The predicted molar refractivity (Wildman–Crippen MR) is 66.7 cm³/mol. The van der Waals surface area contributed by atoms with Crippen molar-refractivity contribution in [3.8, 4) is 0 Å². The molecule has 1 heterocycles. The van der Waals surface area contributed by atoms with E-state index in [1.165, 1.54) is 0 Å². The van der Waals surface area contributed by atoms with Crippen molar-refractivity contribution < 1.29 is 5.11 Å². The van der Waals surface area contributed by atoms with Crippen molar-refractivity contribution in [1.29, 1.82) is 0 Å². The highest BCUT2D eigenvalue weighted by atomic mass is 16.3. The Balaban J connectivity index is 1.92. The molecule has 2 rings (SSSR count). The molecule has 1 aromatic heterocycles. The van der Waals surface area contributed by atoms with Crippen molar-refractivity contribution >= 4 is 5.95 Å². The molecule has 4 nitrogen and oxygen atoms in total. The number of aliphatic hydroxyl groups excluding tert-OH is 1. The lowest BCUT2D eigenvalue weighted by atomic mass is 10.1. The predicted octanol–water partition coefficient (Wildman–Crippen LogP) is 1.93. The summed E-state index contributed by atoms with van der Waals surface area (Å²) in [5.74, 6) is 0.533. The maximum absolute atomic E-state index is 9.92. The maximum atomic E-state index is 9.92. The summed E-state index contributed by atoms with van der Waals surface area (Å²) in [7, 11) is 0. The van der Waals surface area contributed by atoms with Crippen LogP contribution in [-0.2, 0) is 0 Å². The van der Waals surface area contributed by atoms with Crippen molar-refractivity contribution in [2.45, 2.75) is 13.0 Å². The van der Waals surface area contributed by atoms with Gasteiger partial charge in [0.1, 0.15) is 0 Å². The lowest BCUT2D eigenvalue weighted by Gasteiger charge is -2.11. The molecule has 1 atom stereocenters. The molecule has 88 valence electrons. The van der Waals surface area contributed by atoms with E-state index in [-0.39, 0.29) is 0 Å². The number of rotatable bonds is 4. The van der Waals surface area contributed by atoms with Crippen LogP contribution in [0.2, 0.25) is 0 Å². The van der Waals surface area contributed by atoms with Gasteiger partial charge in [0.05, 0.1) is 6.10 Å². The molecule has 0 bridgehead atoms. The summed E-state index contributed by atoms with van der Waals surface area (Å²) in [5, 5.41) is 12.9. The normalized spacial score (nSPS) is 12.1. The number of aryl methyl sites for hydroxylation is 1. The van der Waals surface area contributed by atoms with Gasteiger partial charge in [-0.3, -0.25) is 0 Å². The zero-order valence-electron chi connectivity index (χ0n) is 9.67. The van der Waals surface area contributed by atoms with E-state index in [0.29, 0.717) is 12.5 Å². The molecule has 0 saturated heterocycles. The molecule has 0 aliphatic rings. The molecule has 0 amide bonds. The second kappa shape index (κ2) is 5.41. The fourth-order valence-electron chi connectivity index (χ4n) is 1.46. The van der Waals surface area contributed by atoms with Crippen LogP contribution in [0.3, 0.4) is 0 Å². The second-order valence-electron chi connectivity index (χ2n) is 3.89. The lowest BCUT2D eigenvalue weighted by Crippen LogP contribution is -2.13. The van der Waals surface area contributed by atoms with E-state index in [1.807, 2.05) is 37.3 Å². The molecule has 0 spiro atoms. The van der Waals surface area contributed by atoms with E-state index < -0.39 is 6.10 Å². The Morgan fingerprint density at radius 3 is 2.47 bits per heavy atom. The molecular weight excluding hydrogens is 214 g/mol. The van der Waals surface area contributed by atoms with E-state index in [2.05, 4.69) is 15.3 Å². The highest BCUT2D eigenvalue weighted by Crippen LogP contribution is 2.12. The van der Waals surface area contributed by atoms with Gasteiger partial charge in [-0.15, -0.1) is 0 Å². The third kappa shape index (κ3) is 3.26. The average molecular weight is 229 g/mol. The molecule has 1 aromatic carbocycles. The summed E-state index contributed by atoms with van der Waals surface area (Å²) in [6.07, 6.45) is 2.93. The molecule has 0 radical (unpaired) electrons. The van der Waals surface area contributed by atoms with Crippen LogP contribution < -0.4 is 5.32 Å². The van der Waals surface area contributed by atoms with E-state index in [0.717, 1.165) is 11.1 Å². The first kappa shape index (κ1) is 11.5. The van der Waals surface area contributed by atoms with Crippen molar-refractivity contribution in [2.24, 2.45) is 0 Å². The number of hydrogen-bond acceptors (Lipinski definition) is 4. The third-order valence-electron chi connectivity index (χ3n) is 2.42. The van der Waals surface area contributed by atoms with Crippen molar-refractivity contribution in [3.63, 3.8) is 0 Å². The highest BCUT2D eigenvalue weighted by Gasteiger charge is 2.06. The van der Waals surface area contributed by atoms with Gasteiger partial charge in [-0.1, -0.05) is 30.3 Å². The maximum Gasteiger partial charge on any atom is 0.222 e. The number of anilines is 1. The number of nitrogens with zero attached hydrogens (tertiary/aromatic N) is 2. The molecule has 2 aromatic rings. The monoisotopic (exact) mass is 229 g/mol. The molecular formula is C13H15N3O. The topological polar surface area (TPSA) is 58.0 Å². The molecule has 17 heavy (non-hydrogen) atoms. The van der Waals surface area contributed by atoms with Crippen LogP contribution in [0, 0.1) is 6.92 Å². The van der Waals surface area contributed by atoms with Crippen molar-refractivity contribution in [3.05, 3.63) is 53.9 Å². The number of hydrogen-bond donors (Lipinski definition) is 2. The van der Waals surface area contributed by atoms with Crippen LogP contribution in [0.25, 0.3) is 0 Å². The molecule has 0 aliphatic heterocycles. The van der Waals surface area contributed by atoms with Crippen LogP contribution in [0.5, 0.6) is 0 Å². The molecule has 1 unspecified atom stereocenters. The van der Waals surface area contributed by atoms with Crippen molar-refractivity contribution in [1.82, 2.24) is 9.97 Å². The summed E-state index contributed by atoms with van der Waals surface area (Å²) < 4.78 is 0.